The molecule has 0 aliphatic heterocycles. The second-order valence-electron chi connectivity index (χ2n) is 4.04. The van der Waals surface area contributed by atoms with Gasteiger partial charge in [0.1, 0.15) is 6.42 Å². The minimum Gasteiger partial charge on any atom is -0.481 e. The van der Waals surface area contributed by atoms with E-state index in [0.29, 0.717) is 0 Å². The van der Waals surface area contributed by atoms with Gasteiger partial charge in [-0.2, -0.15) is 8.42 Å². The second-order valence-corrected chi connectivity index (χ2v) is 5.46. The van der Waals surface area contributed by atoms with Crippen molar-refractivity contribution in [1.82, 2.24) is 0 Å². The van der Waals surface area contributed by atoms with E-state index in [1.54, 1.807) is 18.2 Å². The highest BCUT2D eigenvalue weighted by Gasteiger charge is 2.05. The number of benzene rings is 1. The molecule has 140 valence electrons. The van der Waals surface area contributed by atoms with Crippen LogP contribution < -0.4 is 0 Å². The van der Waals surface area contributed by atoms with Gasteiger partial charge in [0, 0.05) is 0 Å². The highest BCUT2D eigenvalue weighted by Crippen LogP contribution is 2.05. The monoisotopic (exact) mass is 380 g/mol. The van der Waals surface area contributed by atoms with E-state index >= 15 is 0 Å². The van der Waals surface area contributed by atoms with Crippen LogP contribution in [0.1, 0.15) is 19.3 Å². The standard InChI is InChI=1S/C6H6O3S.C4H6O4.C3H4O4/c7-10(8,9)6-4-2-1-3-5-6;5-3(6)1-2-4(7)8;4-2(5)1-3(6)7/h1-5H,(H,7,8,9);1-2H2,(H,5,6)(H,7,8);1H2,(H,4,5)(H,6,7). The normalized spacial score (nSPS) is 9.48. The van der Waals surface area contributed by atoms with E-state index in [1.807, 2.05) is 0 Å². The van der Waals surface area contributed by atoms with Gasteiger partial charge in [0.15, 0.2) is 0 Å². The van der Waals surface area contributed by atoms with Gasteiger partial charge in [0.25, 0.3) is 10.1 Å². The average molecular weight is 380 g/mol. The summed E-state index contributed by atoms with van der Waals surface area (Å²) in [5.74, 6) is -4.78. The third kappa shape index (κ3) is 19.0. The topological polar surface area (TPSA) is 204 Å². The zero-order valence-electron chi connectivity index (χ0n) is 12.6. The Morgan fingerprint density at radius 1 is 0.720 bits per heavy atom. The number of aliphatic carboxylic acids is 4. The minimum absolute atomic E-state index is 0.0741. The quantitative estimate of drug-likeness (QED) is 0.337. The highest BCUT2D eigenvalue weighted by atomic mass is 32.2. The molecule has 0 bridgehead atoms. The van der Waals surface area contributed by atoms with Crippen LogP contribution >= 0.6 is 0 Å². The van der Waals surface area contributed by atoms with E-state index in [2.05, 4.69) is 0 Å². The van der Waals surface area contributed by atoms with Gasteiger partial charge in [-0.25, -0.2) is 0 Å². The van der Waals surface area contributed by atoms with Crippen molar-refractivity contribution >= 4 is 34.0 Å². The van der Waals surface area contributed by atoms with E-state index in [-0.39, 0.29) is 17.7 Å². The first-order valence-electron chi connectivity index (χ1n) is 6.26. The Bertz CT molecular complexity index is 653. The molecule has 0 heterocycles. The molecule has 0 fully saturated rings. The molecule has 0 amide bonds. The van der Waals surface area contributed by atoms with Gasteiger partial charge in [-0.1, -0.05) is 18.2 Å². The summed E-state index contributed by atoms with van der Waals surface area (Å²) in [7, 11) is -4.00. The maximum Gasteiger partial charge on any atom is 0.314 e. The molecule has 25 heavy (non-hydrogen) atoms. The molecule has 11 nitrogen and oxygen atoms in total. The lowest BCUT2D eigenvalue weighted by atomic mass is 10.3. The lowest BCUT2D eigenvalue weighted by molar-refractivity contribution is -0.147. The zero-order chi connectivity index (χ0) is 20.0. The Hall–Kier alpha value is -2.99. The first kappa shape index (κ1) is 24.3. The van der Waals surface area contributed by atoms with Gasteiger partial charge in [0.05, 0.1) is 17.7 Å². The summed E-state index contributed by atoms with van der Waals surface area (Å²) < 4.78 is 29.2. The molecule has 5 N–H and O–H groups in total. The molecule has 0 aliphatic rings. The van der Waals surface area contributed by atoms with Crippen molar-refractivity contribution in [3.8, 4) is 0 Å². The van der Waals surface area contributed by atoms with Crippen molar-refractivity contribution in [3.05, 3.63) is 30.3 Å². The summed E-state index contributed by atoms with van der Waals surface area (Å²) in [5, 5.41) is 31.2. The Balaban J connectivity index is 0. The fraction of sp³-hybridized carbons (Fsp3) is 0.231. The van der Waals surface area contributed by atoms with Crippen molar-refractivity contribution in [2.24, 2.45) is 0 Å². The van der Waals surface area contributed by atoms with Crippen LogP contribution in [0.2, 0.25) is 0 Å². The maximum atomic E-state index is 10.4. The average Bonchev–Trinajstić information content (AvgIpc) is 2.45. The Labute approximate surface area is 141 Å². The minimum atomic E-state index is -4.00. The van der Waals surface area contributed by atoms with Crippen LogP contribution in [0.25, 0.3) is 0 Å². The lowest BCUT2D eigenvalue weighted by Crippen LogP contribution is -2.03. The summed E-state index contributed by atoms with van der Waals surface area (Å²) in [6.45, 7) is 0. The predicted molar refractivity (Wildman–Crippen MR) is 80.7 cm³/mol. The maximum absolute atomic E-state index is 10.4. The summed E-state index contributed by atoms with van der Waals surface area (Å²) in [6.07, 6.45) is -1.40. The zero-order valence-corrected chi connectivity index (χ0v) is 13.4. The molecule has 0 saturated carbocycles. The van der Waals surface area contributed by atoms with Crippen LogP contribution in [-0.4, -0.2) is 57.3 Å². The Morgan fingerprint density at radius 2 is 1.08 bits per heavy atom. The van der Waals surface area contributed by atoms with Crippen LogP contribution in [0, 0.1) is 0 Å². The third-order valence-corrected chi connectivity index (χ3v) is 2.76. The van der Waals surface area contributed by atoms with Crippen molar-refractivity contribution < 1.29 is 52.6 Å². The first-order valence-corrected chi connectivity index (χ1v) is 7.70. The number of carboxylic acid groups (broad SMARTS) is 4. The molecule has 12 heteroatoms. The van der Waals surface area contributed by atoms with Crippen molar-refractivity contribution in [3.63, 3.8) is 0 Å². The molecule has 0 aromatic heterocycles. The van der Waals surface area contributed by atoms with Gasteiger partial charge < -0.3 is 20.4 Å². The fourth-order valence-electron chi connectivity index (χ4n) is 0.936. The molecule has 1 aromatic rings. The Kier molecular flexibility index (Phi) is 12.1. The number of hydrogen-bond donors (Lipinski definition) is 5. The van der Waals surface area contributed by atoms with Crippen LogP contribution in [0.5, 0.6) is 0 Å². The van der Waals surface area contributed by atoms with Gasteiger partial charge in [0.2, 0.25) is 0 Å². The molecule has 0 spiro atoms. The molecule has 0 unspecified atom stereocenters. The fourth-order valence-corrected chi connectivity index (χ4v) is 1.44. The van der Waals surface area contributed by atoms with E-state index in [1.165, 1.54) is 12.1 Å². The molecule has 1 rings (SSSR count). The van der Waals surface area contributed by atoms with E-state index in [0.717, 1.165) is 0 Å². The van der Waals surface area contributed by atoms with E-state index in [4.69, 9.17) is 25.0 Å². The SMILES string of the molecule is O=C(O)CC(=O)O.O=C(O)CCC(=O)O.O=S(=O)(O)c1ccccc1. The lowest BCUT2D eigenvalue weighted by Gasteiger charge is -1.92. The van der Waals surface area contributed by atoms with Crippen molar-refractivity contribution in [1.29, 1.82) is 0 Å². The molecule has 0 saturated heterocycles. The predicted octanol–water partition coefficient (Wildman–Crippen LogP) is 0.415. The molecule has 0 radical (unpaired) electrons. The number of hydrogen-bond acceptors (Lipinski definition) is 6. The molecule has 1 aromatic carbocycles. The van der Waals surface area contributed by atoms with Gasteiger partial charge >= 0.3 is 23.9 Å². The number of carbonyl (C=O) groups is 4. The second kappa shape index (κ2) is 12.4. The highest BCUT2D eigenvalue weighted by molar-refractivity contribution is 7.85. The number of rotatable bonds is 6. The van der Waals surface area contributed by atoms with Crippen molar-refractivity contribution in [2.45, 2.75) is 24.2 Å². The summed E-state index contributed by atoms with van der Waals surface area (Å²) >= 11 is 0. The first-order chi connectivity index (χ1) is 11.4. The van der Waals surface area contributed by atoms with E-state index < -0.39 is 40.4 Å². The van der Waals surface area contributed by atoms with E-state index in [9.17, 15) is 27.6 Å². The van der Waals surface area contributed by atoms with Gasteiger partial charge in [-0.15, -0.1) is 0 Å². The summed E-state index contributed by atoms with van der Waals surface area (Å²) in [6, 6.07) is 7.42. The third-order valence-electron chi connectivity index (χ3n) is 1.90. The van der Waals surface area contributed by atoms with Crippen LogP contribution in [0.3, 0.4) is 0 Å². The number of carboxylic acids is 4. The van der Waals surface area contributed by atoms with Gasteiger partial charge in [-0.3, -0.25) is 23.7 Å². The van der Waals surface area contributed by atoms with Crippen LogP contribution in [0.15, 0.2) is 35.2 Å². The largest absolute Gasteiger partial charge is 0.481 e. The van der Waals surface area contributed by atoms with Crippen molar-refractivity contribution in [2.75, 3.05) is 0 Å². The van der Waals surface area contributed by atoms with Crippen LogP contribution in [-0.2, 0) is 29.3 Å². The Morgan fingerprint density at radius 3 is 1.24 bits per heavy atom. The smallest absolute Gasteiger partial charge is 0.314 e. The molecule has 0 aliphatic carbocycles. The molecular weight excluding hydrogens is 364 g/mol. The molecular formula is C13H16O11S. The summed E-state index contributed by atoms with van der Waals surface area (Å²) in [4.78, 5) is 38.1. The molecule has 0 atom stereocenters. The van der Waals surface area contributed by atoms with Gasteiger partial charge in [-0.05, 0) is 12.1 Å². The summed E-state index contributed by atoms with van der Waals surface area (Å²) in [5.41, 5.74) is 0. The van der Waals surface area contributed by atoms with Crippen LogP contribution in [0.4, 0.5) is 0 Å².